The number of allylic oxidation sites excluding steroid dienone is 1. The van der Waals surface area contributed by atoms with E-state index in [9.17, 15) is 4.79 Å². The van der Waals surface area contributed by atoms with Crippen molar-refractivity contribution in [2.75, 3.05) is 0 Å². The Balaban J connectivity index is 1.99. The first-order valence-corrected chi connectivity index (χ1v) is 7.81. The highest BCUT2D eigenvalue weighted by Crippen LogP contribution is 2.24. The Kier molecular flexibility index (Phi) is 4.79. The van der Waals surface area contributed by atoms with Crippen LogP contribution in [0.2, 0.25) is 0 Å². The molecule has 1 aromatic heterocycles. The van der Waals surface area contributed by atoms with Crippen molar-refractivity contribution in [1.29, 1.82) is 0 Å². The van der Waals surface area contributed by atoms with Crippen molar-refractivity contribution in [3.63, 3.8) is 0 Å². The number of alkyl carbamates (subject to hydrolysis) is 1. The lowest BCUT2D eigenvalue weighted by atomic mass is 9.91. The standard InChI is InChI=1S/C18H26N2O2/c1-6-16-12(2)15(11-19-16)13-7-9-14(10-8-13)20-17(21)22-18(3,4)5/h6-7,11,14,19H,2,8-10H2,1,3-5H3,(H,20,21). The van der Waals surface area contributed by atoms with Crippen LogP contribution in [0.15, 0.2) is 12.3 Å². The summed E-state index contributed by atoms with van der Waals surface area (Å²) in [6.07, 6.45) is 8.59. The van der Waals surface area contributed by atoms with Crippen LogP contribution >= 0.6 is 0 Å². The van der Waals surface area contributed by atoms with Crippen LogP contribution < -0.4 is 15.9 Å². The molecule has 1 unspecified atom stereocenters. The molecule has 4 nitrogen and oxygen atoms in total. The minimum absolute atomic E-state index is 0.142. The smallest absolute Gasteiger partial charge is 0.407 e. The maximum atomic E-state index is 11.8. The van der Waals surface area contributed by atoms with E-state index in [0.29, 0.717) is 0 Å². The number of ether oxygens (including phenoxy) is 1. The van der Waals surface area contributed by atoms with E-state index in [1.54, 1.807) is 0 Å². The number of carbonyl (C=O) groups excluding carboxylic acids is 1. The van der Waals surface area contributed by atoms with Gasteiger partial charge in [0.05, 0.1) is 0 Å². The first-order valence-electron chi connectivity index (χ1n) is 7.81. The third kappa shape index (κ3) is 4.03. The normalized spacial score (nSPS) is 19.7. The summed E-state index contributed by atoms with van der Waals surface area (Å²) in [5.74, 6) is 0. The van der Waals surface area contributed by atoms with Crippen molar-refractivity contribution in [2.45, 2.75) is 58.6 Å². The third-order valence-corrected chi connectivity index (χ3v) is 3.79. The van der Waals surface area contributed by atoms with E-state index in [4.69, 9.17) is 4.74 Å². The second-order valence-corrected chi connectivity index (χ2v) is 6.73. The Morgan fingerprint density at radius 2 is 2.23 bits per heavy atom. The van der Waals surface area contributed by atoms with Gasteiger partial charge < -0.3 is 15.0 Å². The average Bonchev–Trinajstić information content (AvgIpc) is 2.78. The number of aromatic amines is 1. The molecule has 2 N–H and O–H groups in total. The highest BCUT2D eigenvalue weighted by molar-refractivity contribution is 5.70. The number of hydrogen-bond donors (Lipinski definition) is 2. The Bertz CT molecular complexity index is 677. The molecule has 0 radical (unpaired) electrons. The minimum Gasteiger partial charge on any atom is -0.444 e. The summed E-state index contributed by atoms with van der Waals surface area (Å²) in [6.45, 7) is 11.8. The van der Waals surface area contributed by atoms with Crippen LogP contribution in [0.25, 0.3) is 18.2 Å². The molecule has 1 aliphatic rings. The monoisotopic (exact) mass is 302 g/mol. The first kappa shape index (κ1) is 16.4. The summed E-state index contributed by atoms with van der Waals surface area (Å²) in [6, 6.07) is 0.142. The Labute approximate surface area is 132 Å². The van der Waals surface area contributed by atoms with Crippen LogP contribution in [-0.4, -0.2) is 22.7 Å². The molecule has 1 aromatic rings. The maximum absolute atomic E-state index is 11.8. The van der Waals surface area contributed by atoms with Gasteiger partial charge in [0.25, 0.3) is 0 Å². The van der Waals surface area contributed by atoms with Gasteiger partial charge in [-0.2, -0.15) is 0 Å². The summed E-state index contributed by atoms with van der Waals surface area (Å²) < 4.78 is 5.30. The highest BCUT2D eigenvalue weighted by atomic mass is 16.6. The summed E-state index contributed by atoms with van der Waals surface area (Å²) in [5.41, 5.74) is 2.03. The van der Waals surface area contributed by atoms with Crippen LogP contribution in [0.4, 0.5) is 4.79 Å². The van der Waals surface area contributed by atoms with Crippen molar-refractivity contribution in [2.24, 2.45) is 0 Å². The molecule has 1 heterocycles. The zero-order valence-electron chi connectivity index (χ0n) is 14.0. The zero-order chi connectivity index (χ0) is 16.3. The predicted octanol–water partition coefficient (Wildman–Crippen LogP) is 2.69. The molecule has 120 valence electrons. The topological polar surface area (TPSA) is 54.1 Å². The van der Waals surface area contributed by atoms with E-state index in [-0.39, 0.29) is 12.1 Å². The van der Waals surface area contributed by atoms with Crippen LogP contribution in [0.3, 0.4) is 0 Å². The SMILES string of the molecule is C=c1c(C2=CCC(NC(=O)OC(C)(C)C)CC2)c[nH]c1=CC. The molecule has 1 atom stereocenters. The molecule has 0 aliphatic heterocycles. The van der Waals surface area contributed by atoms with E-state index in [0.717, 1.165) is 29.8 Å². The molecule has 0 spiro atoms. The molecule has 2 rings (SSSR count). The maximum Gasteiger partial charge on any atom is 0.407 e. The van der Waals surface area contributed by atoms with Gasteiger partial charge >= 0.3 is 6.09 Å². The molecular formula is C18H26N2O2. The van der Waals surface area contributed by atoms with Crippen LogP contribution in [-0.2, 0) is 4.74 Å². The minimum atomic E-state index is -0.458. The number of H-pyrrole nitrogens is 1. The molecule has 1 amide bonds. The van der Waals surface area contributed by atoms with Crippen molar-refractivity contribution in [3.8, 4) is 0 Å². The quantitative estimate of drug-likeness (QED) is 0.882. The van der Waals surface area contributed by atoms with E-state index in [1.165, 1.54) is 11.1 Å². The first-order chi connectivity index (χ1) is 10.3. The van der Waals surface area contributed by atoms with Gasteiger partial charge in [-0.3, -0.25) is 0 Å². The van der Waals surface area contributed by atoms with Gasteiger partial charge in [0.15, 0.2) is 0 Å². The zero-order valence-corrected chi connectivity index (χ0v) is 14.0. The van der Waals surface area contributed by atoms with Gasteiger partial charge in [-0.05, 0) is 57.7 Å². The Morgan fingerprint density at radius 3 is 2.73 bits per heavy atom. The Morgan fingerprint density at radius 1 is 1.50 bits per heavy atom. The molecule has 1 aliphatic carbocycles. The largest absolute Gasteiger partial charge is 0.444 e. The predicted molar refractivity (Wildman–Crippen MR) is 90.7 cm³/mol. The number of amides is 1. The van der Waals surface area contributed by atoms with Gasteiger partial charge in [0.2, 0.25) is 0 Å². The van der Waals surface area contributed by atoms with Crippen LogP contribution in [0.1, 0.15) is 52.5 Å². The lowest BCUT2D eigenvalue weighted by Crippen LogP contribution is -2.39. The van der Waals surface area contributed by atoms with Gasteiger partial charge in [-0.1, -0.05) is 18.7 Å². The number of aromatic nitrogens is 1. The van der Waals surface area contributed by atoms with Gasteiger partial charge in [-0.25, -0.2) is 4.79 Å². The lowest BCUT2D eigenvalue weighted by molar-refractivity contribution is 0.0502. The molecule has 0 aromatic carbocycles. The van der Waals surface area contributed by atoms with E-state index in [2.05, 4.69) is 23.0 Å². The average molecular weight is 302 g/mol. The lowest BCUT2D eigenvalue weighted by Gasteiger charge is -2.25. The molecule has 4 heteroatoms. The second-order valence-electron chi connectivity index (χ2n) is 6.73. The highest BCUT2D eigenvalue weighted by Gasteiger charge is 2.21. The fraction of sp³-hybridized carbons (Fsp3) is 0.500. The summed E-state index contributed by atoms with van der Waals surface area (Å²) in [5, 5.41) is 5.07. The third-order valence-electron chi connectivity index (χ3n) is 3.79. The number of hydrogen-bond acceptors (Lipinski definition) is 2. The molecule has 0 bridgehead atoms. The van der Waals surface area contributed by atoms with Crippen molar-refractivity contribution >= 4 is 24.3 Å². The van der Waals surface area contributed by atoms with Crippen molar-refractivity contribution in [1.82, 2.24) is 10.3 Å². The van der Waals surface area contributed by atoms with E-state index < -0.39 is 5.60 Å². The molecule has 0 fully saturated rings. The van der Waals surface area contributed by atoms with E-state index in [1.807, 2.05) is 40.0 Å². The van der Waals surface area contributed by atoms with Crippen LogP contribution in [0, 0.1) is 0 Å². The molecular weight excluding hydrogens is 276 g/mol. The van der Waals surface area contributed by atoms with Crippen molar-refractivity contribution < 1.29 is 9.53 Å². The molecule has 22 heavy (non-hydrogen) atoms. The van der Waals surface area contributed by atoms with Gasteiger partial charge in [0.1, 0.15) is 5.60 Å². The van der Waals surface area contributed by atoms with Gasteiger partial charge in [-0.15, -0.1) is 0 Å². The number of nitrogens with one attached hydrogen (secondary N) is 2. The van der Waals surface area contributed by atoms with E-state index >= 15 is 0 Å². The Hall–Kier alpha value is -1.97. The fourth-order valence-electron chi connectivity index (χ4n) is 2.70. The number of carbonyl (C=O) groups is 1. The fourth-order valence-corrected chi connectivity index (χ4v) is 2.70. The molecule has 0 saturated carbocycles. The summed E-state index contributed by atoms with van der Waals surface area (Å²) >= 11 is 0. The summed E-state index contributed by atoms with van der Waals surface area (Å²) in [7, 11) is 0. The second kappa shape index (κ2) is 6.42. The van der Waals surface area contributed by atoms with Crippen molar-refractivity contribution in [3.05, 3.63) is 28.4 Å². The number of rotatable bonds is 2. The summed E-state index contributed by atoms with van der Waals surface area (Å²) in [4.78, 5) is 15.0. The molecule has 0 saturated heterocycles. The van der Waals surface area contributed by atoms with Crippen LogP contribution in [0.5, 0.6) is 0 Å². The van der Waals surface area contributed by atoms with Gasteiger partial charge in [0, 0.05) is 23.2 Å².